The molecule has 0 fully saturated rings. The molecule has 0 amide bonds. The van der Waals surface area contributed by atoms with Crippen molar-refractivity contribution in [2.75, 3.05) is 5.75 Å². The van der Waals surface area contributed by atoms with Gasteiger partial charge in [0.15, 0.2) is 0 Å². The van der Waals surface area contributed by atoms with E-state index in [0.29, 0.717) is 11.7 Å². The Morgan fingerprint density at radius 1 is 1.38 bits per heavy atom. The second kappa shape index (κ2) is 6.89. The molecule has 0 saturated carbocycles. The van der Waals surface area contributed by atoms with Gasteiger partial charge in [0.2, 0.25) is 0 Å². The van der Waals surface area contributed by atoms with Crippen molar-refractivity contribution in [3.8, 4) is 0 Å². The molecule has 90 valence electrons. The van der Waals surface area contributed by atoms with Gasteiger partial charge in [-0.3, -0.25) is 11.3 Å². The summed E-state index contributed by atoms with van der Waals surface area (Å²) in [6.45, 7) is 4.28. The van der Waals surface area contributed by atoms with Gasteiger partial charge in [-0.1, -0.05) is 32.0 Å². The lowest BCUT2D eigenvalue weighted by molar-refractivity contribution is 0.546. The molecule has 0 aliphatic carbocycles. The first-order valence-corrected chi connectivity index (χ1v) is 6.49. The Bertz CT molecular complexity index is 318. The van der Waals surface area contributed by atoms with E-state index in [2.05, 4.69) is 19.3 Å². The van der Waals surface area contributed by atoms with Gasteiger partial charge in [-0.05, 0) is 23.3 Å². The molecular weight excluding hydrogens is 223 g/mol. The van der Waals surface area contributed by atoms with Crippen LogP contribution in [0.1, 0.15) is 19.4 Å². The maximum absolute atomic E-state index is 13.4. The highest BCUT2D eigenvalue weighted by Crippen LogP contribution is 2.14. The van der Waals surface area contributed by atoms with Crippen molar-refractivity contribution < 1.29 is 4.39 Å². The van der Waals surface area contributed by atoms with Crippen LogP contribution in [0.15, 0.2) is 24.3 Å². The van der Waals surface area contributed by atoms with Crippen molar-refractivity contribution in [3.63, 3.8) is 0 Å². The number of hydrogen-bond donors (Lipinski definition) is 2. The van der Waals surface area contributed by atoms with Crippen molar-refractivity contribution in [2.45, 2.75) is 31.6 Å². The van der Waals surface area contributed by atoms with Gasteiger partial charge in [-0.15, -0.1) is 0 Å². The fraction of sp³-hybridized carbons (Fsp3) is 0.500. The number of rotatable bonds is 6. The van der Waals surface area contributed by atoms with E-state index in [9.17, 15) is 4.39 Å². The summed E-state index contributed by atoms with van der Waals surface area (Å²) in [4.78, 5) is 0. The van der Waals surface area contributed by atoms with Gasteiger partial charge in [0, 0.05) is 11.8 Å². The summed E-state index contributed by atoms with van der Waals surface area (Å²) in [5.41, 5.74) is 3.46. The molecule has 0 heterocycles. The molecule has 0 aliphatic rings. The van der Waals surface area contributed by atoms with E-state index in [1.807, 2.05) is 17.8 Å². The lowest BCUT2D eigenvalue weighted by Gasteiger charge is -2.17. The number of nitrogens with one attached hydrogen (secondary N) is 1. The SMILES string of the molecule is CC(C)SCC(Cc1ccccc1F)NN. The van der Waals surface area contributed by atoms with Crippen molar-refractivity contribution >= 4 is 11.8 Å². The van der Waals surface area contributed by atoms with E-state index in [4.69, 9.17) is 5.84 Å². The van der Waals surface area contributed by atoms with Crippen molar-refractivity contribution in [3.05, 3.63) is 35.6 Å². The van der Waals surface area contributed by atoms with Crippen LogP contribution in [-0.2, 0) is 6.42 Å². The standard InChI is InChI=1S/C12H19FN2S/c1-9(2)16-8-11(15-14)7-10-5-3-4-6-12(10)13/h3-6,9,11,15H,7-8,14H2,1-2H3. The van der Waals surface area contributed by atoms with Gasteiger partial charge in [0.05, 0.1) is 0 Å². The molecule has 1 unspecified atom stereocenters. The Hall–Kier alpha value is -0.580. The average molecular weight is 242 g/mol. The minimum atomic E-state index is -0.155. The largest absolute Gasteiger partial charge is 0.271 e. The normalized spacial score (nSPS) is 13.1. The summed E-state index contributed by atoms with van der Waals surface area (Å²) < 4.78 is 13.4. The molecule has 0 radical (unpaired) electrons. The van der Waals surface area contributed by atoms with Crippen LogP contribution in [0.3, 0.4) is 0 Å². The van der Waals surface area contributed by atoms with E-state index in [0.717, 1.165) is 11.3 Å². The second-order valence-electron chi connectivity index (χ2n) is 4.04. The van der Waals surface area contributed by atoms with Crippen molar-refractivity contribution in [1.82, 2.24) is 5.43 Å². The Kier molecular flexibility index (Phi) is 5.80. The summed E-state index contributed by atoms with van der Waals surface area (Å²) >= 11 is 1.82. The van der Waals surface area contributed by atoms with Gasteiger partial charge in [-0.2, -0.15) is 11.8 Å². The predicted octanol–water partition coefficient (Wildman–Crippen LogP) is 2.34. The molecule has 0 spiro atoms. The van der Waals surface area contributed by atoms with E-state index >= 15 is 0 Å². The molecular formula is C12H19FN2S. The van der Waals surface area contributed by atoms with E-state index in [1.165, 1.54) is 6.07 Å². The first-order valence-electron chi connectivity index (χ1n) is 5.44. The van der Waals surface area contributed by atoms with Gasteiger partial charge < -0.3 is 0 Å². The summed E-state index contributed by atoms with van der Waals surface area (Å²) in [5.74, 6) is 6.21. The predicted molar refractivity (Wildman–Crippen MR) is 68.8 cm³/mol. The zero-order valence-corrected chi connectivity index (χ0v) is 10.6. The Labute approximate surface area is 101 Å². The molecule has 1 rings (SSSR count). The van der Waals surface area contributed by atoms with Crippen LogP contribution < -0.4 is 11.3 Å². The van der Waals surface area contributed by atoms with Crippen LogP contribution in [0.2, 0.25) is 0 Å². The maximum Gasteiger partial charge on any atom is 0.126 e. The minimum absolute atomic E-state index is 0.115. The smallest absolute Gasteiger partial charge is 0.126 e. The molecule has 1 aromatic carbocycles. The monoisotopic (exact) mass is 242 g/mol. The Morgan fingerprint density at radius 2 is 2.06 bits per heavy atom. The highest BCUT2D eigenvalue weighted by Gasteiger charge is 2.11. The number of hydrogen-bond acceptors (Lipinski definition) is 3. The molecule has 0 saturated heterocycles. The van der Waals surface area contributed by atoms with E-state index in [1.54, 1.807) is 12.1 Å². The fourth-order valence-electron chi connectivity index (χ4n) is 1.40. The fourth-order valence-corrected chi connectivity index (χ4v) is 2.24. The number of halogens is 1. The molecule has 4 heteroatoms. The number of thioether (sulfide) groups is 1. The van der Waals surface area contributed by atoms with E-state index < -0.39 is 0 Å². The molecule has 1 atom stereocenters. The zero-order chi connectivity index (χ0) is 12.0. The first kappa shape index (κ1) is 13.5. The lowest BCUT2D eigenvalue weighted by Crippen LogP contribution is -2.39. The van der Waals surface area contributed by atoms with Gasteiger partial charge >= 0.3 is 0 Å². The molecule has 3 N–H and O–H groups in total. The molecule has 0 aliphatic heterocycles. The Morgan fingerprint density at radius 3 is 2.62 bits per heavy atom. The summed E-state index contributed by atoms with van der Waals surface area (Å²) in [6, 6.07) is 6.95. The highest BCUT2D eigenvalue weighted by molar-refractivity contribution is 7.99. The van der Waals surface area contributed by atoms with Gasteiger partial charge in [0.1, 0.15) is 5.82 Å². The van der Waals surface area contributed by atoms with Crippen molar-refractivity contribution in [1.29, 1.82) is 0 Å². The number of hydrazine groups is 1. The van der Waals surface area contributed by atoms with Crippen LogP contribution in [-0.4, -0.2) is 17.0 Å². The van der Waals surface area contributed by atoms with Crippen LogP contribution in [0.4, 0.5) is 4.39 Å². The Balaban J connectivity index is 2.53. The molecule has 2 nitrogen and oxygen atoms in total. The third kappa shape index (κ3) is 4.51. The van der Waals surface area contributed by atoms with Crippen LogP contribution >= 0.6 is 11.8 Å². The summed E-state index contributed by atoms with van der Waals surface area (Å²) in [6.07, 6.45) is 0.628. The average Bonchev–Trinajstić information content (AvgIpc) is 2.26. The number of benzene rings is 1. The third-order valence-electron chi connectivity index (χ3n) is 2.29. The maximum atomic E-state index is 13.4. The van der Waals surface area contributed by atoms with Gasteiger partial charge in [-0.25, -0.2) is 4.39 Å². The van der Waals surface area contributed by atoms with Crippen molar-refractivity contribution in [2.24, 2.45) is 5.84 Å². The van der Waals surface area contributed by atoms with E-state index in [-0.39, 0.29) is 11.9 Å². The van der Waals surface area contributed by atoms with Crippen LogP contribution in [0, 0.1) is 5.82 Å². The molecule has 0 bridgehead atoms. The summed E-state index contributed by atoms with van der Waals surface area (Å²) in [7, 11) is 0. The number of nitrogens with two attached hydrogens (primary N) is 1. The third-order valence-corrected chi connectivity index (χ3v) is 3.55. The van der Waals surface area contributed by atoms with Gasteiger partial charge in [0.25, 0.3) is 0 Å². The van der Waals surface area contributed by atoms with Crippen LogP contribution in [0.5, 0.6) is 0 Å². The zero-order valence-electron chi connectivity index (χ0n) is 9.74. The minimum Gasteiger partial charge on any atom is -0.271 e. The first-order chi connectivity index (χ1) is 7.63. The molecule has 1 aromatic rings. The second-order valence-corrected chi connectivity index (χ2v) is 5.65. The van der Waals surface area contributed by atoms with Crippen LogP contribution in [0.25, 0.3) is 0 Å². The lowest BCUT2D eigenvalue weighted by atomic mass is 10.1. The highest BCUT2D eigenvalue weighted by atomic mass is 32.2. The summed E-state index contributed by atoms with van der Waals surface area (Å²) in [5, 5.41) is 0.566. The molecule has 16 heavy (non-hydrogen) atoms. The molecule has 0 aromatic heterocycles. The quantitative estimate of drug-likeness (QED) is 0.594. The topological polar surface area (TPSA) is 38.0 Å².